The van der Waals surface area contributed by atoms with Crippen LogP contribution in [0.2, 0.25) is 0 Å². The average molecular weight is 259 g/mol. The fraction of sp³-hybridized carbons (Fsp3) is 0.385. The zero-order chi connectivity index (χ0) is 13.1. The second kappa shape index (κ2) is 5.27. The van der Waals surface area contributed by atoms with Crippen molar-refractivity contribution in [3.63, 3.8) is 0 Å². The number of hydrogen-bond donors (Lipinski definition) is 3. The van der Waals surface area contributed by atoms with Gasteiger partial charge in [-0.2, -0.15) is 0 Å². The summed E-state index contributed by atoms with van der Waals surface area (Å²) in [4.78, 5) is 13.8. The normalized spacial score (nSPS) is 18.8. The lowest BCUT2D eigenvalue weighted by Gasteiger charge is -2.17. The zero-order valence-electron chi connectivity index (χ0n) is 10.6. The van der Waals surface area contributed by atoms with Gasteiger partial charge in [0.15, 0.2) is 0 Å². The molecular formula is C13H17N5O. The van der Waals surface area contributed by atoms with E-state index >= 15 is 0 Å². The number of aliphatic hydroxyl groups excluding tert-OH is 1. The lowest BCUT2D eigenvalue weighted by Crippen LogP contribution is -2.21. The van der Waals surface area contributed by atoms with Gasteiger partial charge in [-0.15, -0.1) is 0 Å². The van der Waals surface area contributed by atoms with E-state index in [1.165, 1.54) is 0 Å². The molecule has 19 heavy (non-hydrogen) atoms. The third kappa shape index (κ3) is 2.68. The van der Waals surface area contributed by atoms with E-state index in [0.29, 0.717) is 5.92 Å². The molecule has 0 aliphatic carbocycles. The highest BCUT2D eigenvalue weighted by atomic mass is 16.3. The molecular weight excluding hydrogens is 242 g/mol. The molecule has 6 nitrogen and oxygen atoms in total. The number of aliphatic hydroxyl groups is 1. The minimum atomic E-state index is 0.245. The summed E-state index contributed by atoms with van der Waals surface area (Å²) in [5, 5.41) is 12.4. The second-order valence-electron chi connectivity index (χ2n) is 4.75. The van der Waals surface area contributed by atoms with Gasteiger partial charge in [-0.3, -0.25) is 0 Å². The predicted octanol–water partition coefficient (Wildman–Crippen LogP) is 1.37. The molecule has 0 saturated carbocycles. The Labute approximate surface area is 111 Å². The predicted molar refractivity (Wildman–Crippen MR) is 73.5 cm³/mol. The lowest BCUT2D eigenvalue weighted by atomic mass is 10.1. The summed E-state index contributed by atoms with van der Waals surface area (Å²) in [7, 11) is 0. The van der Waals surface area contributed by atoms with Crippen molar-refractivity contribution in [2.75, 3.05) is 29.9 Å². The van der Waals surface area contributed by atoms with E-state index in [0.717, 1.165) is 37.0 Å². The van der Waals surface area contributed by atoms with Crippen LogP contribution in [0.5, 0.6) is 0 Å². The molecule has 1 atom stereocenters. The molecule has 1 aliphatic rings. The number of aromatic nitrogens is 3. The van der Waals surface area contributed by atoms with Crippen LogP contribution in [-0.4, -0.2) is 39.8 Å². The van der Waals surface area contributed by atoms with Crippen molar-refractivity contribution >= 4 is 17.5 Å². The Morgan fingerprint density at radius 1 is 1.47 bits per heavy atom. The molecule has 1 aliphatic heterocycles. The van der Waals surface area contributed by atoms with Crippen LogP contribution in [0.15, 0.2) is 30.7 Å². The first kappa shape index (κ1) is 12.0. The lowest BCUT2D eigenvalue weighted by molar-refractivity contribution is 0.238. The van der Waals surface area contributed by atoms with E-state index in [4.69, 9.17) is 0 Å². The molecule has 1 saturated heterocycles. The Morgan fingerprint density at radius 2 is 2.42 bits per heavy atom. The minimum absolute atomic E-state index is 0.245. The number of H-pyrrole nitrogens is 1. The fourth-order valence-corrected chi connectivity index (χ4v) is 2.32. The number of anilines is 3. The number of rotatable bonds is 4. The summed E-state index contributed by atoms with van der Waals surface area (Å²) in [6.07, 6.45) is 4.43. The van der Waals surface area contributed by atoms with E-state index < -0.39 is 0 Å². The highest BCUT2D eigenvalue weighted by Crippen LogP contribution is 2.23. The van der Waals surface area contributed by atoms with Crippen LogP contribution in [0.25, 0.3) is 0 Å². The summed E-state index contributed by atoms with van der Waals surface area (Å²) in [5.74, 6) is 2.92. The topological polar surface area (TPSA) is 77.1 Å². The Morgan fingerprint density at radius 3 is 3.16 bits per heavy atom. The summed E-state index contributed by atoms with van der Waals surface area (Å²) in [6, 6.07) is 5.80. The molecule has 3 rings (SSSR count). The highest BCUT2D eigenvalue weighted by Gasteiger charge is 2.22. The Hall–Kier alpha value is -2.08. The summed E-state index contributed by atoms with van der Waals surface area (Å²) >= 11 is 0. The molecule has 0 aromatic carbocycles. The van der Waals surface area contributed by atoms with Crippen LogP contribution in [-0.2, 0) is 0 Å². The number of nitrogens with one attached hydrogen (secondary N) is 2. The van der Waals surface area contributed by atoms with E-state index in [-0.39, 0.29) is 6.61 Å². The fourth-order valence-electron chi connectivity index (χ4n) is 2.32. The molecule has 2 aromatic rings. The second-order valence-corrected chi connectivity index (χ2v) is 4.75. The van der Waals surface area contributed by atoms with Gasteiger partial charge in [0.05, 0.1) is 0 Å². The van der Waals surface area contributed by atoms with Crippen LogP contribution in [0, 0.1) is 5.92 Å². The van der Waals surface area contributed by atoms with E-state index in [1.54, 1.807) is 6.33 Å². The minimum Gasteiger partial charge on any atom is -0.396 e. The maximum Gasteiger partial charge on any atom is 0.136 e. The van der Waals surface area contributed by atoms with Gasteiger partial charge in [-0.05, 0) is 18.6 Å². The number of hydrogen-bond acceptors (Lipinski definition) is 5. The number of nitrogens with zero attached hydrogens (tertiary/aromatic N) is 3. The molecule has 6 heteroatoms. The van der Waals surface area contributed by atoms with Gasteiger partial charge in [0, 0.05) is 37.9 Å². The van der Waals surface area contributed by atoms with Crippen molar-refractivity contribution in [1.82, 2.24) is 15.0 Å². The first-order chi connectivity index (χ1) is 9.35. The third-order valence-electron chi connectivity index (χ3n) is 3.38. The van der Waals surface area contributed by atoms with Crippen molar-refractivity contribution < 1.29 is 5.11 Å². The monoisotopic (exact) mass is 259 g/mol. The van der Waals surface area contributed by atoms with Crippen LogP contribution in [0.1, 0.15) is 6.42 Å². The molecule has 0 radical (unpaired) electrons. The Bertz CT molecular complexity index is 528. The Balaban J connectivity index is 1.73. The van der Waals surface area contributed by atoms with Crippen molar-refractivity contribution in [1.29, 1.82) is 0 Å². The quantitative estimate of drug-likeness (QED) is 0.773. The summed E-state index contributed by atoms with van der Waals surface area (Å²) in [5.41, 5.74) is 0. The SMILES string of the molecule is OCC1CCN(c2cc(Nc3ccc[nH]3)ncn2)C1. The molecule has 1 fully saturated rings. The molecule has 3 heterocycles. The maximum absolute atomic E-state index is 9.18. The van der Waals surface area contributed by atoms with Gasteiger partial charge in [-0.25, -0.2) is 9.97 Å². The van der Waals surface area contributed by atoms with E-state index in [1.807, 2.05) is 24.4 Å². The summed E-state index contributed by atoms with van der Waals surface area (Å²) in [6.45, 7) is 2.04. The van der Waals surface area contributed by atoms with E-state index in [9.17, 15) is 5.11 Å². The molecule has 3 N–H and O–H groups in total. The largest absolute Gasteiger partial charge is 0.396 e. The molecule has 0 bridgehead atoms. The number of aromatic amines is 1. The Kier molecular flexibility index (Phi) is 3.33. The van der Waals surface area contributed by atoms with Gasteiger partial charge in [0.25, 0.3) is 0 Å². The third-order valence-corrected chi connectivity index (χ3v) is 3.38. The zero-order valence-corrected chi connectivity index (χ0v) is 10.6. The molecule has 1 unspecified atom stereocenters. The van der Waals surface area contributed by atoms with Crippen LogP contribution < -0.4 is 10.2 Å². The van der Waals surface area contributed by atoms with Gasteiger partial charge in [0.2, 0.25) is 0 Å². The first-order valence-corrected chi connectivity index (χ1v) is 6.43. The average Bonchev–Trinajstić information content (AvgIpc) is 3.09. The van der Waals surface area contributed by atoms with Crippen molar-refractivity contribution in [3.8, 4) is 0 Å². The first-order valence-electron chi connectivity index (χ1n) is 6.43. The molecule has 0 spiro atoms. The van der Waals surface area contributed by atoms with Gasteiger partial charge in [0.1, 0.15) is 23.8 Å². The standard InChI is InChI=1S/C13H17N5O/c19-8-10-3-5-18(7-10)13-6-12(15-9-16-13)17-11-2-1-4-14-11/h1-2,4,6,9-10,14,19H,3,5,7-8H2,(H,15,16,17). The van der Waals surface area contributed by atoms with E-state index in [2.05, 4.69) is 25.2 Å². The summed E-state index contributed by atoms with van der Waals surface area (Å²) < 4.78 is 0. The molecule has 100 valence electrons. The van der Waals surface area contributed by atoms with Gasteiger partial charge >= 0.3 is 0 Å². The van der Waals surface area contributed by atoms with Crippen LogP contribution in [0.4, 0.5) is 17.5 Å². The van der Waals surface area contributed by atoms with Crippen LogP contribution in [0.3, 0.4) is 0 Å². The van der Waals surface area contributed by atoms with Gasteiger partial charge in [-0.1, -0.05) is 0 Å². The smallest absolute Gasteiger partial charge is 0.136 e. The van der Waals surface area contributed by atoms with Crippen molar-refractivity contribution in [3.05, 3.63) is 30.7 Å². The van der Waals surface area contributed by atoms with Crippen LogP contribution >= 0.6 is 0 Å². The van der Waals surface area contributed by atoms with Crippen molar-refractivity contribution in [2.24, 2.45) is 5.92 Å². The highest BCUT2D eigenvalue weighted by molar-refractivity contribution is 5.56. The van der Waals surface area contributed by atoms with Gasteiger partial charge < -0.3 is 20.3 Å². The maximum atomic E-state index is 9.18. The molecule has 2 aromatic heterocycles. The molecule has 0 amide bonds. The van der Waals surface area contributed by atoms with Crippen molar-refractivity contribution in [2.45, 2.75) is 6.42 Å².